The molecule has 2 aromatic heterocycles. The van der Waals surface area contributed by atoms with Gasteiger partial charge in [-0.2, -0.15) is 5.26 Å². The van der Waals surface area contributed by atoms with Gasteiger partial charge in [0.15, 0.2) is 9.84 Å². The van der Waals surface area contributed by atoms with Crippen molar-refractivity contribution in [1.29, 1.82) is 5.26 Å². The van der Waals surface area contributed by atoms with E-state index in [2.05, 4.69) is 21.4 Å². The molecule has 0 amide bonds. The Morgan fingerprint density at radius 2 is 1.86 bits per heavy atom. The number of hydrogen-bond acceptors (Lipinski definition) is 5. The highest BCUT2D eigenvalue weighted by molar-refractivity contribution is 7.90. The molecule has 0 radical (unpaired) electrons. The van der Waals surface area contributed by atoms with Crippen LogP contribution >= 0.6 is 0 Å². The molecule has 7 heteroatoms. The number of pyridine rings is 1. The zero-order valence-corrected chi connectivity index (χ0v) is 15.8. The summed E-state index contributed by atoms with van der Waals surface area (Å²) in [4.78, 5) is 7.87. The minimum Gasteiger partial charge on any atom is -0.354 e. The predicted octanol–water partition coefficient (Wildman–Crippen LogP) is 4.25. The first-order valence-electron chi connectivity index (χ1n) is 8.49. The van der Waals surface area contributed by atoms with Crippen molar-refractivity contribution in [3.8, 4) is 17.2 Å². The Labute approximate surface area is 162 Å². The molecule has 0 aliphatic carbocycles. The molecule has 6 nitrogen and oxygen atoms in total. The van der Waals surface area contributed by atoms with Gasteiger partial charge < -0.3 is 10.3 Å². The van der Waals surface area contributed by atoms with E-state index in [1.165, 1.54) is 6.26 Å². The van der Waals surface area contributed by atoms with Gasteiger partial charge in [0.2, 0.25) is 0 Å². The van der Waals surface area contributed by atoms with E-state index in [1.807, 2.05) is 30.5 Å². The second-order valence-electron chi connectivity index (χ2n) is 6.44. The van der Waals surface area contributed by atoms with E-state index in [4.69, 9.17) is 5.26 Å². The summed E-state index contributed by atoms with van der Waals surface area (Å²) in [6.07, 6.45) is 4.76. The average molecular weight is 388 g/mol. The molecule has 0 spiro atoms. The molecule has 138 valence electrons. The van der Waals surface area contributed by atoms with Crippen LogP contribution in [0.1, 0.15) is 5.56 Å². The fourth-order valence-electron chi connectivity index (χ4n) is 3.02. The number of rotatable bonds is 4. The summed E-state index contributed by atoms with van der Waals surface area (Å²) in [7, 11) is -3.22. The number of nitriles is 1. The van der Waals surface area contributed by atoms with Crippen molar-refractivity contribution in [3.05, 3.63) is 72.6 Å². The van der Waals surface area contributed by atoms with Gasteiger partial charge in [-0.25, -0.2) is 13.4 Å². The standard InChI is InChI=1S/C21H16N4O2S/c1-28(26,27)18-7-5-16(6-8-18)25-17-10-19-20(13-24-21(19)23-12-17)15-4-2-3-14(9-15)11-22/h2-10,12-13,25H,1H3,(H,23,24). The van der Waals surface area contributed by atoms with Crippen molar-refractivity contribution in [2.45, 2.75) is 4.90 Å². The zero-order valence-electron chi connectivity index (χ0n) is 15.0. The van der Waals surface area contributed by atoms with Gasteiger partial charge in [-0.15, -0.1) is 0 Å². The number of hydrogen-bond donors (Lipinski definition) is 2. The monoisotopic (exact) mass is 388 g/mol. The summed E-state index contributed by atoms with van der Waals surface area (Å²) in [5.74, 6) is 0. The van der Waals surface area contributed by atoms with Crippen molar-refractivity contribution >= 4 is 32.2 Å². The molecular weight excluding hydrogens is 372 g/mol. The lowest BCUT2D eigenvalue weighted by atomic mass is 10.0. The Bertz CT molecular complexity index is 1320. The number of H-pyrrole nitrogens is 1. The highest BCUT2D eigenvalue weighted by Gasteiger charge is 2.10. The summed E-state index contributed by atoms with van der Waals surface area (Å²) in [6, 6.07) is 18.1. The third-order valence-electron chi connectivity index (χ3n) is 4.40. The summed E-state index contributed by atoms with van der Waals surface area (Å²) in [5, 5.41) is 13.3. The Balaban J connectivity index is 1.69. The summed E-state index contributed by atoms with van der Waals surface area (Å²) in [5.41, 5.74) is 4.77. The molecule has 2 heterocycles. The molecule has 0 saturated carbocycles. The number of aromatic amines is 1. The van der Waals surface area contributed by atoms with Crippen LogP contribution in [0.5, 0.6) is 0 Å². The predicted molar refractivity (Wildman–Crippen MR) is 109 cm³/mol. The summed E-state index contributed by atoms with van der Waals surface area (Å²) < 4.78 is 23.2. The normalized spacial score (nSPS) is 11.3. The second-order valence-corrected chi connectivity index (χ2v) is 8.45. The van der Waals surface area contributed by atoms with Gasteiger partial charge in [-0.05, 0) is 48.0 Å². The van der Waals surface area contributed by atoms with Crippen LogP contribution in [0.3, 0.4) is 0 Å². The van der Waals surface area contributed by atoms with Crippen LogP contribution in [0.2, 0.25) is 0 Å². The molecule has 0 bridgehead atoms. The summed E-state index contributed by atoms with van der Waals surface area (Å²) in [6.45, 7) is 0. The maximum absolute atomic E-state index is 11.6. The van der Waals surface area contributed by atoms with Crippen LogP contribution in [-0.2, 0) is 9.84 Å². The van der Waals surface area contributed by atoms with Crippen LogP contribution in [0.4, 0.5) is 11.4 Å². The molecule has 0 aliphatic heterocycles. The fourth-order valence-corrected chi connectivity index (χ4v) is 3.65. The van der Waals surface area contributed by atoms with Gasteiger partial charge in [-0.3, -0.25) is 0 Å². The fraction of sp³-hybridized carbons (Fsp3) is 0.0476. The number of anilines is 2. The molecule has 4 rings (SSSR count). The maximum Gasteiger partial charge on any atom is 0.175 e. The van der Waals surface area contributed by atoms with E-state index in [1.54, 1.807) is 36.5 Å². The van der Waals surface area contributed by atoms with Crippen LogP contribution in [0.15, 0.2) is 71.9 Å². The van der Waals surface area contributed by atoms with Crippen LogP contribution in [-0.4, -0.2) is 24.6 Å². The summed E-state index contributed by atoms with van der Waals surface area (Å²) >= 11 is 0. The van der Waals surface area contributed by atoms with Crippen molar-refractivity contribution in [2.24, 2.45) is 0 Å². The van der Waals surface area contributed by atoms with E-state index in [0.717, 1.165) is 33.5 Å². The Kier molecular flexibility index (Phi) is 4.34. The smallest absolute Gasteiger partial charge is 0.175 e. The number of aromatic nitrogens is 2. The molecule has 0 unspecified atom stereocenters. The third kappa shape index (κ3) is 3.46. The van der Waals surface area contributed by atoms with Gasteiger partial charge >= 0.3 is 0 Å². The van der Waals surface area contributed by atoms with Gasteiger partial charge in [0, 0.05) is 29.1 Å². The Hall–Kier alpha value is -3.63. The highest BCUT2D eigenvalue weighted by Crippen LogP contribution is 2.30. The van der Waals surface area contributed by atoms with Crippen molar-refractivity contribution in [3.63, 3.8) is 0 Å². The molecule has 0 fully saturated rings. The molecule has 28 heavy (non-hydrogen) atoms. The first-order chi connectivity index (χ1) is 13.4. The third-order valence-corrected chi connectivity index (χ3v) is 5.53. The van der Waals surface area contributed by atoms with Gasteiger partial charge in [0.25, 0.3) is 0 Å². The van der Waals surface area contributed by atoms with E-state index in [-0.39, 0.29) is 4.90 Å². The zero-order chi connectivity index (χ0) is 19.7. The minimum atomic E-state index is -3.22. The molecular formula is C21H16N4O2S. The first-order valence-corrected chi connectivity index (χ1v) is 10.4. The number of nitrogens with one attached hydrogen (secondary N) is 2. The Morgan fingerprint density at radius 1 is 1.07 bits per heavy atom. The lowest BCUT2D eigenvalue weighted by Gasteiger charge is -2.08. The molecule has 4 aromatic rings. The number of sulfone groups is 1. The molecule has 0 saturated heterocycles. The average Bonchev–Trinajstić information content (AvgIpc) is 3.11. The quantitative estimate of drug-likeness (QED) is 0.544. The Morgan fingerprint density at radius 3 is 2.57 bits per heavy atom. The lowest BCUT2D eigenvalue weighted by Crippen LogP contribution is -1.97. The van der Waals surface area contributed by atoms with Gasteiger partial charge in [0.1, 0.15) is 5.65 Å². The molecule has 2 N–H and O–H groups in total. The molecule has 2 aromatic carbocycles. The molecule has 0 aliphatic rings. The number of nitrogens with zero attached hydrogens (tertiary/aromatic N) is 2. The largest absolute Gasteiger partial charge is 0.354 e. The van der Waals surface area contributed by atoms with Crippen molar-refractivity contribution in [1.82, 2.24) is 9.97 Å². The van der Waals surface area contributed by atoms with E-state index in [0.29, 0.717) is 5.56 Å². The highest BCUT2D eigenvalue weighted by atomic mass is 32.2. The van der Waals surface area contributed by atoms with E-state index >= 15 is 0 Å². The van der Waals surface area contributed by atoms with Crippen LogP contribution in [0.25, 0.3) is 22.2 Å². The number of fused-ring (bicyclic) bond motifs is 1. The maximum atomic E-state index is 11.6. The van der Waals surface area contributed by atoms with E-state index in [9.17, 15) is 8.42 Å². The van der Waals surface area contributed by atoms with Crippen molar-refractivity contribution in [2.75, 3.05) is 11.6 Å². The van der Waals surface area contributed by atoms with Crippen molar-refractivity contribution < 1.29 is 8.42 Å². The minimum absolute atomic E-state index is 0.275. The molecule has 0 atom stereocenters. The number of benzene rings is 2. The van der Waals surface area contributed by atoms with Gasteiger partial charge in [-0.1, -0.05) is 12.1 Å². The SMILES string of the molecule is CS(=O)(=O)c1ccc(Nc2cnc3[nH]cc(-c4cccc(C#N)c4)c3c2)cc1. The second kappa shape index (κ2) is 6.83. The first kappa shape index (κ1) is 17.8. The van der Waals surface area contributed by atoms with E-state index < -0.39 is 9.84 Å². The van der Waals surface area contributed by atoms with Crippen LogP contribution < -0.4 is 5.32 Å². The van der Waals surface area contributed by atoms with Gasteiger partial charge in [0.05, 0.1) is 28.4 Å². The topological polar surface area (TPSA) is 98.6 Å². The van der Waals surface area contributed by atoms with Crippen LogP contribution in [0, 0.1) is 11.3 Å². The lowest BCUT2D eigenvalue weighted by molar-refractivity contribution is 0.602.